The van der Waals surface area contributed by atoms with E-state index in [0.717, 1.165) is 5.56 Å². The van der Waals surface area contributed by atoms with Gasteiger partial charge in [0.05, 0.1) is 12.2 Å². The van der Waals surface area contributed by atoms with Crippen LogP contribution in [-0.4, -0.2) is 5.78 Å². The largest absolute Gasteiger partial charge is 0.492 e. The number of allylic oxidation sites excluding steroid dienone is 1. The lowest BCUT2D eigenvalue weighted by Crippen LogP contribution is -2.25. The molecule has 0 unspecified atom stereocenters. The summed E-state index contributed by atoms with van der Waals surface area (Å²) in [4.78, 5) is 11.8. The van der Waals surface area contributed by atoms with Gasteiger partial charge in [-0.25, -0.2) is 0 Å². The zero-order chi connectivity index (χ0) is 10.8. The molecule has 2 heteroatoms. The van der Waals surface area contributed by atoms with Crippen LogP contribution >= 0.6 is 0 Å². The van der Waals surface area contributed by atoms with Gasteiger partial charge in [-0.05, 0) is 12.5 Å². The minimum Gasteiger partial charge on any atom is -0.492 e. The number of hydrogen-bond acceptors (Lipinski definition) is 2. The Labute approximate surface area is 89.6 Å². The van der Waals surface area contributed by atoms with E-state index in [9.17, 15) is 4.79 Å². The Morgan fingerprint density at radius 3 is 2.53 bits per heavy atom. The topological polar surface area (TPSA) is 26.3 Å². The first-order valence-electron chi connectivity index (χ1n) is 5.11. The van der Waals surface area contributed by atoms with Crippen LogP contribution in [0, 0.1) is 5.92 Å². The van der Waals surface area contributed by atoms with Crippen LogP contribution < -0.4 is 0 Å². The molecule has 0 amide bonds. The first-order chi connectivity index (χ1) is 7.20. The van der Waals surface area contributed by atoms with Crippen LogP contribution in [-0.2, 0) is 9.53 Å². The molecule has 1 aliphatic rings. The number of rotatable bonds is 1. The van der Waals surface area contributed by atoms with Gasteiger partial charge in [0.2, 0.25) is 0 Å². The molecule has 2 atom stereocenters. The fourth-order valence-electron chi connectivity index (χ4n) is 1.86. The van der Waals surface area contributed by atoms with Crippen molar-refractivity contribution in [3.05, 3.63) is 47.7 Å². The number of ketones is 1. The molecule has 0 bridgehead atoms. The molecule has 0 fully saturated rings. The lowest BCUT2D eigenvalue weighted by Gasteiger charge is -2.27. The zero-order valence-electron chi connectivity index (χ0n) is 8.94. The second-order valence-electron chi connectivity index (χ2n) is 3.92. The van der Waals surface area contributed by atoms with Crippen molar-refractivity contribution in [3.63, 3.8) is 0 Å². The van der Waals surface area contributed by atoms with Gasteiger partial charge in [0.15, 0.2) is 5.78 Å². The second-order valence-corrected chi connectivity index (χ2v) is 3.92. The highest BCUT2D eigenvalue weighted by atomic mass is 16.5. The lowest BCUT2D eigenvalue weighted by atomic mass is 9.89. The van der Waals surface area contributed by atoms with E-state index in [0.29, 0.717) is 5.57 Å². The van der Waals surface area contributed by atoms with Crippen LogP contribution in [0.2, 0.25) is 0 Å². The first kappa shape index (κ1) is 9.97. The molecule has 15 heavy (non-hydrogen) atoms. The smallest absolute Gasteiger partial charge is 0.168 e. The summed E-state index contributed by atoms with van der Waals surface area (Å²) in [6.45, 7) is 3.70. The molecule has 78 valence electrons. The third kappa shape index (κ3) is 1.80. The number of Topliss-reactive ketones (excluding diaryl/α,β-unsaturated/α-hetero) is 1. The third-order valence-corrected chi connectivity index (χ3v) is 2.78. The molecule has 1 aliphatic heterocycles. The standard InChI is InChI=1S/C13H14O2/c1-9-8-15-13(10(2)12(9)14)11-6-4-3-5-7-11/h3-8,10,13H,1-2H3/t10-,13+/m1/s1. The van der Waals surface area contributed by atoms with Crippen LogP contribution in [0.15, 0.2) is 42.2 Å². The first-order valence-corrected chi connectivity index (χ1v) is 5.11. The van der Waals surface area contributed by atoms with E-state index in [1.165, 1.54) is 0 Å². The quantitative estimate of drug-likeness (QED) is 0.700. The maximum Gasteiger partial charge on any atom is 0.168 e. The van der Waals surface area contributed by atoms with Crippen LogP contribution in [0.4, 0.5) is 0 Å². The summed E-state index contributed by atoms with van der Waals surface area (Å²) >= 11 is 0. The van der Waals surface area contributed by atoms with E-state index in [4.69, 9.17) is 4.74 Å². The normalized spacial score (nSPS) is 25.7. The van der Waals surface area contributed by atoms with Gasteiger partial charge in [-0.15, -0.1) is 0 Å². The molecule has 0 saturated heterocycles. The summed E-state index contributed by atoms with van der Waals surface area (Å²) in [7, 11) is 0. The Hall–Kier alpha value is -1.57. The van der Waals surface area contributed by atoms with E-state index in [-0.39, 0.29) is 17.8 Å². The molecule has 0 N–H and O–H groups in total. The maximum atomic E-state index is 11.8. The van der Waals surface area contributed by atoms with E-state index in [1.54, 1.807) is 13.2 Å². The molecule has 2 rings (SSSR count). The van der Waals surface area contributed by atoms with E-state index < -0.39 is 0 Å². The number of carbonyl (C=O) groups excluding carboxylic acids is 1. The average molecular weight is 202 g/mol. The highest BCUT2D eigenvalue weighted by Crippen LogP contribution is 2.32. The van der Waals surface area contributed by atoms with Crippen molar-refractivity contribution in [2.24, 2.45) is 5.92 Å². The van der Waals surface area contributed by atoms with Gasteiger partial charge in [-0.1, -0.05) is 37.3 Å². The molecular weight excluding hydrogens is 188 g/mol. The van der Waals surface area contributed by atoms with Crippen molar-refractivity contribution >= 4 is 5.78 Å². The summed E-state index contributed by atoms with van der Waals surface area (Å²) in [6.07, 6.45) is 1.43. The maximum absolute atomic E-state index is 11.8. The van der Waals surface area contributed by atoms with Crippen LogP contribution in [0.1, 0.15) is 25.5 Å². The number of benzene rings is 1. The molecule has 1 aromatic carbocycles. The van der Waals surface area contributed by atoms with Gasteiger partial charge in [-0.2, -0.15) is 0 Å². The Bertz CT molecular complexity index is 392. The predicted octanol–water partition coefficient (Wildman–Crippen LogP) is 2.87. The summed E-state index contributed by atoms with van der Waals surface area (Å²) in [5, 5.41) is 0. The Morgan fingerprint density at radius 1 is 1.20 bits per heavy atom. The van der Waals surface area contributed by atoms with Crippen molar-refractivity contribution < 1.29 is 9.53 Å². The zero-order valence-corrected chi connectivity index (χ0v) is 8.94. The van der Waals surface area contributed by atoms with Crippen molar-refractivity contribution in [2.75, 3.05) is 0 Å². The van der Waals surface area contributed by atoms with Gasteiger partial charge in [0.25, 0.3) is 0 Å². The Kier molecular flexibility index (Phi) is 2.58. The number of hydrogen-bond donors (Lipinski definition) is 0. The molecule has 2 nitrogen and oxygen atoms in total. The van der Waals surface area contributed by atoms with Crippen LogP contribution in [0.3, 0.4) is 0 Å². The minimum atomic E-state index is -0.137. The number of carbonyl (C=O) groups is 1. The fourth-order valence-corrected chi connectivity index (χ4v) is 1.86. The SMILES string of the molecule is CC1=CO[C@H](c2ccccc2)[C@H](C)C1=O. The minimum absolute atomic E-state index is 0.0996. The molecular formula is C13H14O2. The molecule has 1 aromatic rings. The predicted molar refractivity (Wildman–Crippen MR) is 58.2 cm³/mol. The summed E-state index contributed by atoms with van der Waals surface area (Å²) < 4.78 is 5.58. The van der Waals surface area contributed by atoms with Crippen molar-refractivity contribution in [1.29, 1.82) is 0 Å². The van der Waals surface area contributed by atoms with E-state index in [1.807, 2.05) is 37.3 Å². The van der Waals surface area contributed by atoms with Crippen molar-refractivity contribution in [3.8, 4) is 0 Å². The highest BCUT2D eigenvalue weighted by Gasteiger charge is 2.30. The monoisotopic (exact) mass is 202 g/mol. The molecule has 0 saturated carbocycles. The van der Waals surface area contributed by atoms with Crippen LogP contribution in [0.25, 0.3) is 0 Å². The summed E-state index contributed by atoms with van der Waals surface area (Å²) in [5.41, 5.74) is 1.76. The van der Waals surface area contributed by atoms with Crippen molar-refractivity contribution in [1.82, 2.24) is 0 Å². The van der Waals surface area contributed by atoms with Crippen molar-refractivity contribution in [2.45, 2.75) is 20.0 Å². The van der Waals surface area contributed by atoms with Gasteiger partial charge in [-0.3, -0.25) is 4.79 Å². The van der Waals surface area contributed by atoms with E-state index in [2.05, 4.69) is 0 Å². The van der Waals surface area contributed by atoms with E-state index >= 15 is 0 Å². The molecule has 0 radical (unpaired) electrons. The fraction of sp³-hybridized carbons (Fsp3) is 0.308. The number of ether oxygens (including phenoxy) is 1. The third-order valence-electron chi connectivity index (χ3n) is 2.78. The average Bonchev–Trinajstić information content (AvgIpc) is 2.27. The second kappa shape index (κ2) is 3.89. The molecule has 0 aromatic heterocycles. The van der Waals surface area contributed by atoms with Crippen LogP contribution in [0.5, 0.6) is 0 Å². The molecule has 0 aliphatic carbocycles. The van der Waals surface area contributed by atoms with Gasteiger partial charge >= 0.3 is 0 Å². The van der Waals surface area contributed by atoms with Gasteiger partial charge < -0.3 is 4.74 Å². The summed E-state index contributed by atoms with van der Waals surface area (Å²) in [5.74, 6) is 0.0764. The van der Waals surface area contributed by atoms with Gasteiger partial charge in [0, 0.05) is 5.57 Å². The lowest BCUT2D eigenvalue weighted by molar-refractivity contribution is -0.124. The molecule has 1 heterocycles. The Balaban J connectivity index is 2.30. The van der Waals surface area contributed by atoms with Gasteiger partial charge in [0.1, 0.15) is 6.10 Å². The highest BCUT2D eigenvalue weighted by molar-refractivity contribution is 5.97. The Morgan fingerprint density at radius 2 is 1.87 bits per heavy atom. The summed E-state index contributed by atoms with van der Waals surface area (Å²) in [6, 6.07) is 9.86. The molecule has 0 spiro atoms.